The van der Waals surface area contributed by atoms with Crippen molar-refractivity contribution in [2.45, 2.75) is 6.92 Å². The van der Waals surface area contributed by atoms with E-state index in [0.717, 1.165) is 0 Å². The minimum absolute atomic E-state index is 0.160. The molecule has 0 spiro atoms. The van der Waals surface area contributed by atoms with Gasteiger partial charge >= 0.3 is 0 Å². The summed E-state index contributed by atoms with van der Waals surface area (Å²) < 4.78 is 13.1. The fourth-order valence-corrected chi connectivity index (χ4v) is 0.977. The zero-order valence-corrected chi connectivity index (χ0v) is 6.60. The number of nitrogens with two attached hydrogens (primary N) is 2. The SMILES string of the molecule is Cc1cc(N)cc(C(N)=O)c1F. The highest BCUT2D eigenvalue weighted by Crippen LogP contribution is 2.16. The third kappa shape index (κ3) is 1.37. The predicted molar refractivity (Wildman–Crippen MR) is 44.1 cm³/mol. The fraction of sp³-hybridized carbons (Fsp3) is 0.125. The molecule has 0 saturated heterocycles. The van der Waals surface area contributed by atoms with Gasteiger partial charge in [0, 0.05) is 5.69 Å². The van der Waals surface area contributed by atoms with Gasteiger partial charge in [-0.1, -0.05) is 0 Å². The number of rotatable bonds is 1. The summed E-state index contributed by atoms with van der Waals surface area (Å²) in [5.74, 6) is -1.40. The maximum atomic E-state index is 13.1. The van der Waals surface area contributed by atoms with Crippen molar-refractivity contribution in [1.82, 2.24) is 0 Å². The molecule has 0 atom stereocenters. The highest BCUT2D eigenvalue weighted by Gasteiger charge is 2.10. The molecule has 0 fully saturated rings. The second-order valence-corrected chi connectivity index (χ2v) is 2.56. The Balaban J connectivity index is 3.37. The summed E-state index contributed by atoms with van der Waals surface area (Å²) in [7, 11) is 0. The molecular weight excluding hydrogens is 159 g/mol. The Kier molecular flexibility index (Phi) is 1.99. The number of benzene rings is 1. The van der Waals surface area contributed by atoms with Crippen molar-refractivity contribution in [2.75, 3.05) is 5.73 Å². The van der Waals surface area contributed by atoms with Crippen molar-refractivity contribution in [1.29, 1.82) is 0 Å². The third-order valence-electron chi connectivity index (χ3n) is 1.54. The van der Waals surface area contributed by atoms with Gasteiger partial charge in [-0.05, 0) is 24.6 Å². The summed E-state index contributed by atoms with van der Waals surface area (Å²) in [4.78, 5) is 10.7. The average Bonchev–Trinajstić information content (AvgIpc) is 1.96. The summed E-state index contributed by atoms with van der Waals surface area (Å²) in [6.45, 7) is 1.53. The smallest absolute Gasteiger partial charge is 0.251 e. The molecule has 4 N–H and O–H groups in total. The second-order valence-electron chi connectivity index (χ2n) is 2.56. The number of primary amides is 1. The Morgan fingerprint density at radius 3 is 2.58 bits per heavy atom. The van der Waals surface area contributed by atoms with Gasteiger partial charge in [0.15, 0.2) is 0 Å². The summed E-state index contributed by atoms with van der Waals surface area (Å²) in [5.41, 5.74) is 10.8. The monoisotopic (exact) mass is 168 g/mol. The van der Waals surface area contributed by atoms with E-state index in [-0.39, 0.29) is 5.56 Å². The largest absolute Gasteiger partial charge is 0.399 e. The quantitative estimate of drug-likeness (QED) is 0.609. The number of hydrogen-bond acceptors (Lipinski definition) is 2. The van der Waals surface area contributed by atoms with Crippen molar-refractivity contribution in [3.05, 3.63) is 29.1 Å². The van der Waals surface area contributed by atoms with Gasteiger partial charge in [-0.3, -0.25) is 4.79 Å². The molecule has 12 heavy (non-hydrogen) atoms. The van der Waals surface area contributed by atoms with Crippen molar-refractivity contribution in [3.8, 4) is 0 Å². The molecule has 0 aliphatic heterocycles. The standard InChI is InChI=1S/C8H9FN2O/c1-4-2-5(10)3-6(7(4)9)8(11)12/h2-3H,10H2,1H3,(H2,11,12). The van der Waals surface area contributed by atoms with E-state index < -0.39 is 11.7 Å². The number of anilines is 1. The lowest BCUT2D eigenvalue weighted by Crippen LogP contribution is -2.14. The van der Waals surface area contributed by atoms with Crippen LogP contribution >= 0.6 is 0 Å². The Hall–Kier alpha value is -1.58. The van der Waals surface area contributed by atoms with Crippen LogP contribution in [0.2, 0.25) is 0 Å². The summed E-state index contributed by atoms with van der Waals surface area (Å²) in [5, 5.41) is 0. The van der Waals surface area contributed by atoms with Crippen LogP contribution in [0.3, 0.4) is 0 Å². The molecule has 0 saturated carbocycles. The molecule has 3 nitrogen and oxygen atoms in total. The van der Waals surface area contributed by atoms with Crippen molar-refractivity contribution in [2.24, 2.45) is 5.73 Å². The Morgan fingerprint density at radius 1 is 1.50 bits per heavy atom. The first-order valence-corrected chi connectivity index (χ1v) is 3.38. The molecule has 1 aromatic carbocycles. The van der Waals surface area contributed by atoms with Gasteiger partial charge in [0.25, 0.3) is 5.91 Å². The lowest BCUT2D eigenvalue weighted by molar-refractivity contribution is 0.0996. The van der Waals surface area contributed by atoms with Gasteiger partial charge in [-0.2, -0.15) is 0 Å². The van der Waals surface area contributed by atoms with Crippen LogP contribution in [0.4, 0.5) is 10.1 Å². The molecule has 0 aliphatic carbocycles. The zero-order valence-electron chi connectivity index (χ0n) is 6.60. The van der Waals surface area contributed by atoms with Gasteiger partial charge in [0.1, 0.15) is 5.82 Å². The minimum atomic E-state index is -0.803. The molecule has 1 rings (SSSR count). The number of carbonyl (C=O) groups is 1. The lowest BCUT2D eigenvalue weighted by Gasteiger charge is -2.03. The third-order valence-corrected chi connectivity index (χ3v) is 1.54. The van der Waals surface area contributed by atoms with Gasteiger partial charge in [-0.25, -0.2) is 4.39 Å². The van der Waals surface area contributed by atoms with Gasteiger partial charge in [0.05, 0.1) is 5.56 Å². The topological polar surface area (TPSA) is 69.1 Å². The van der Waals surface area contributed by atoms with Crippen LogP contribution in [-0.2, 0) is 0 Å². The maximum Gasteiger partial charge on any atom is 0.251 e. The summed E-state index contributed by atoms with van der Waals surface area (Å²) in [6, 6.07) is 2.67. The van der Waals surface area contributed by atoms with E-state index in [1.165, 1.54) is 19.1 Å². The van der Waals surface area contributed by atoms with E-state index in [1.807, 2.05) is 0 Å². The number of carbonyl (C=O) groups excluding carboxylic acids is 1. The molecule has 64 valence electrons. The number of nitrogen functional groups attached to an aromatic ring is 1. The summed E-state index contributed by atoms with van der Waals surface area (Å²) in [6.07, 6.45) is 0. The molecule has 4 heteroatoms. The zero-order chi connectivity index (χ0) is 9.30. The Bertz CT molecular complexity index is 336. The van der Waals surface area contributed by atoms with E-state index in [2.05, 4.69) is 0 Å². The van der Waals surface area contributed by atoms with Gasteiger partial charge in [-0.15, -0.1) is 0 Å². The van der Waals surface area contributed by atoms with E-state index in [1.54, 1.807) is 0 Å². The normalized spacial score (nSPS) is 9.83. The molecule has 0 aliphatic rings. The molecule has 0 unspecified atom stereocenters. The van der Waals surface area contributed by atoms with Gasteiger partial charge in [0.2, 0.25) is 0 Å². The molecule has 0 heterocycles. The first kappa shape index (κ1) is 8.52. The van der Waals surface area contributed by atoms with Crippen LogP contribution in [0.1, 0.15) is 15.9 Å². The molecule has 0 aromatic heterocycles. The Labute approximate surface area is 69.2 Å². The second kappa shape index (κ2) is 2.81. The molecule has 0 bridgehead atoms. The van der Waals surface area contributed by atoms with E-state index in [4.69, 9.17) is 11.5 Å². The van der Waals surface area contributed by atoms with E-state index in [0.29, 0.717) is 11.3 Å². The number of aryl methyl sites for hydroxylation is 1. The van der Waals surface area contributed by atoms with E-state index >= 15 is 0 Å². The minimum Gasteiger partial charge on any atom is -0.399 e. The van der Waals surface area contributed by atoms with Crippen molar-refractivity contribution < 1.29 is 9.18 Å². The van der Waals surface area contributed by atoms with Crippen molar-refractivity contribution in [3.63, 3.8) is 0 Å². The van der Waals surface area contributed by atoms with Crippen molar-refractivity contribution >= 4 is 11.6 Å². The highest BCUT2D eigenvalue weighted by molar-refractivity contribution is 5.94. The van der Waals surface area contributed by atoms with Gasteiger partial charge < -0.3 is 11.5 Å². The molecular formula is C8H9FN2O. The van der Waals surface area contributed by atoms with Crippen LogP contribution in [0, 0.1) is 12.7 Å². The van der Waals surface area contributed by atoms with Crippen LogP contribution in [0.15, 0.2) is 12.1 Å². The average molecular weight is 168 g/mol. The van der Waals surface area contributed by atoms with E-state index in [9.17, 15) is 9.18 Å². The first-order valence-electron chi connectivity index (χ1n) is 3.38. The first-order chi connectivity index (χ1) is 5.52. The maximum absolute atomic E-state index is 13.1. The molecule has 1 aromatic rings. The fourth-order valence-electron chi connectivity index (χ4n) is 0.977. The van der Waals surface area contributed by atoms with Crippen LogP contribution < -0.4 is 11.5 Å². The Morgan fingerprint density at radius 2 is 2.08 bits per heavy atom. The summed E-state index contributed by atoms with van der Waals surface area (Å²) >= 11 is 0. The number of hydrogen-bond donors (Lipinski definition) is 2. The predicted octanol–water partition coefficient (Wildman–Crippen LogP) is 0.815. The lowest BCUT2D eigenvalue weighted by atomic mass is 10.1. The molecule has 0 radical (unpaired) electrons. The van der Waals surface area contributed by atoms with Crippen LogP contribution in [-0.4, -0.2) is 5.91 Å². The number of amides is 1. The highest BCUT2D eigenvalue weighted by atomic mass is 19.1. The van der Waals surface area contributed by atoms with Crippen LogP contribution in [0.25, 0.3) is 0 Å². The number of halogens is 1. The van der Waals surface area contributed by atoms with Crippen LogP contribution in [0.5, 0.6) is 0 Å². The molecule has 1 amide bonds.